The molecule has 2 fully saturated rings. The maximum atomic E-state index is 12.9. The van der Waals surface area contributed by atoms with Gasteiger partial charge >= 0.3 is 11.9 Å². The van der Waals surface area contributed by atoms with Gasteiger partial charge in [0.05, 0.1) is 30.9 Å². The fourth-order valence-electron chi connectivity index (χ4n) is 5.32. The van der Waals surface area contributed by atoms with Crippen LogP contribution in [-0.2, 0) is 18.9 Å². The van der Waals surface area contributed by atoms with E-state index in [-0.39, 0.29) is 30.3 Å². The van der Waals surface area contributed by atoms with Crippen LogP contribution < -0.4 is 9.47 Å². The van der Waals surface area contributed by atoms with E-state index < -0.39 is 0 Å². The minimum Gasteiger partial charge on any atom is -0.491 e. The molecule has 2 aromatic carbocycles. The number of esters is 2. The molecule has 2 saturated heterocycles. The molecule has 2 aromatic rings. The number of unbranched alkanes of at least 4 members (excludes halogenated alkanes) is 11. The number of hydrogen-bond donors (Lipinski definition) is 0. The molecule has 3 atom stereocenters. The SMILES string of the molecule is CCCCCCC(CCCCCCCCCCCOC(=O)c1ccc(OCC2CO2)cc1)OC(=O)c1ccc(OCC2CO2)cc1. The van der Waals surface area contributed by atoms with Gasteiger partial charge in [-0.3, -0.25) is 0 Å². The van der Waals surface area contributed by atoms with E-state index >= 15 is 0 Å². The molecule has 0 amide bonds. The maximum absolute atomic E-state index is 12.9. The van der Waals surface area contributed by atoms with E-state index in [1.807, 2.05) is 12.1 Å². The van der Waals surface area contributed by atoms with Crippen LogP contribution in [-0.4, -0.2) is 63.3 Å². The summed E-state index contributed by atoms with van der Waals surface area (Å²) in [7, 11) is 0. The standard InChI is InChI=1S/C38H54O8/c1-2-3-4-12-15-34(46-38(40)31-19-23-33(24-20-31)43-27-36-29-45-36)16-13-10-8-6-5-7-9-11-14-25-41-37(39)30-17-21-32(22-18-30)42-26-35-28-44-35/h17-24,34-36H,2-16,25-29H2,1H3. The minimum absolute atomic E-state index is 0.0257. The molecule has 8 heteroatoms. The van der Waals surface area contributed by atoms with Gasteiger partial charge in [0.25, 0.3) is 0 Å². The Labute approximate surface area is 275 Å². The average molecular weight is 639 g/mol. The molecular formula is C38H54O8. The number of hydrogen-bond acceptors (Lipinski definition) is 8. The van der Waals surface area contributed by atoms with E-state index in [1.165, 1.54) is 44.9 Å². The van der Waals surface area contributed by atoms with E-state index in [2.05, 4.69) is 6.92 Å². The average Bonchev–Trinajstić information content (AvgIpc) is 4.01. The van der Waals surface area contributed by atoms with Crippen LogP contribution in [0.25, 0.3) is 0 Å². The summed E-state index contributed by atoms with van der Waals surface area (Å²) >= 11 is 0. The molecule has 0 bridgehead atoms. The summed E-state index contributed by atoms with van der Waals surface area (Å²) in [6, 6.07) is 14.3. The first-order valence-corrected chi connectivity index (χ1v) is 17.7. The molecule has 2 heterocycles. The first-order chi connectivity index (χ1) is 22.6. The van der Waals surface area contributed by atoms with Crippen molar-refractivity contribution in [2.75, 3.05) is 33.0 Å². The molecule has 0 radical (unpaired) electrons. The normalized spacial score (nSPS) is 17.2. The van der Waals surface area contributed by atoms with Crippen LogP contribution in [0.5, 0.6) is 11.5 Å². The third-order valence-electron chi connectivity index (χ3n) is 8.41. The largest absolute Gasteiger partial charge is 0.491 e. The summed E-state index contributed by atoms with van der Waals surface area (Å²) in [5, 5.41) is 0. The molecule has 0 saturated carbocycles. The lowest BCUT2D eigenvalue weighted by Crippen LogP contribution is -2.18. The van der Waals surface area contributed by atoms with Crippen molar-refractivity contribution >= 4 is 11.9 Å². The zero-order chi connectivity index (χ0) is 32.2. The molecule has 3 unspecified atom stereocenters. The predicted molar refractivity (Wildman–Crippen MR) is 178 cm³/mol. The molecule has 254 valence electrons. The van der Waals surface area contributed by atoms with Crippen LogP contribution in [0.3, 0.4) is 0 Å². The highest BCUT2D eigenvalue weighted by molar-refractivity contribution is 5.90. The number of rotatable bonds is 26. The van der Waals surface area contributed by atoms with Crippen molar-refractivity contribution in [1.82, 2.24) is 0 Å². The Morgan fingerprint density at radius 3 is 1.54 bits per heavy atom. The Morgan fingerprint density at radius 1 is 0.630 bits per heavy atom. The molecule has 0 N–H and O–H groups in total. The second-order valence-corrected chi connectivity index (χ2v) is 12.6. The second-order valence-electron chi connectivity index (χ2n) is 12.6. The Bertz CT molecular complexity index is 1120. The lowest BCUT2D eigenvalue weighted by molar-refractivity contribution is 0.0248. The topological polar surface area (TPSA) is 96.1 Å². The Morgan fingerprint density at radius 2 is 1.07 bits per heavy atom. The third kappa shape index (κ3) is 15.0. The number of ether oxygens (including phenoxy) is 6. The summed E-state index contributed by atoms with van der Waals surface area (Å²) in [4.78, 5) is 25.1. The summed E-state index contributed by atoms with van der Waals surface area (Å²) in [6.45, 7) is 5.29. The molecule has 8 nitrogen and oxygen atoms in total. The zero-order valence-corrected chi connectivity index (χ0v) is 27.8. The van der Waals surface area contributed by atoms with Crippen LogP contribution in [0.15, 0.2) is 48.5 Å². The zero-order valence-electron chi connectivity index (χ0n) is 27.8. The molecule has 0 aliphatic carbocycles. The van der Waals surface area contributed by atoms with Gasteiger partial charge in [-0.2, -0.15) is 0 Å². The highest BCUT2D eigenvalue weighted by Gasteiger charge is 2.24. The van der Waals surface area contributed by atoms with Crippen LogP contribution in [0, 0.1) is 0 Å². The van der Waals surface area contributed by atoms with Gasteiger partial charge < -0.3 is 28.4 Å². The van der Waals surface area contributed by atoms with E-state index in [4.69, 9.17) is 28.4 Å². The van der Waals surface area contributed by atoms with Crippen molar-refractivity contribution in [2.45, 2.75) is 122 Å². The Balaban J connectivity index is 0.999. The van der Waals surface area contributed by atoms with Gasteiger partial charge in [-0.1, -0.05) is 71.1 Å². The second kappa shape index (κ2) is 20.9. The molecule has 4 rings (SSSR count). The van der Waals surface area contributed by atoms with Gasteiger partial charge in [0.2, 0.25) is 0 Å². The van der Waals surface area contributed by atoms with Gasteiger partial charge in [0.1, 0.15) is 43.0 Å². The fraction of sp³-hybridized carbons (Fsp3) is 0.632. The van der Waals surface area contributed by atoms with Crippen LogP contribution >= 0.6 is 0 Å². The van der Waals surface area contributed by atoms with Crippen LogP contribution in [0.4, 0.5) is 0 Å². The molecule has 0 spiro atoms. The minimum atomic E-state index is -0.283. The molecule has 2 aliphatic rings. The quantitative estimate of drug-likeness (QED) is 0.0575. The summed E-state index contributed by atoms with van der Waals surface area (Å²) in [6.07, 6.45) is 17.2. The first-order valence-electron chi connectivity index (χ1n) is 17.7. The van der Waals surface area contributed by atoms with Gasteiger partial charge in [-0.05, 0) is 80.6 Å². The van der Waals surface area contributed by atoms with Crippen molar-refractivity contribution in [3.8, 4) is 11.5 Å². The van der Waals surface area contributed by atoms with Crippen LogP contribution in [0.2, 0.25) is 0 Å². The third-order valence-corrected chi connectivity index (χ3v) is 8.41. The van der Waals surface area contributed by atoms with Gasteiger partial charge in [-0.25, -0.2) is 9.59 Å². The number of carbonyl (C=O) groups is 2. The monoisotopic (exact) mass is 638 g/mol. The number of carbonyl (C=O) groups excluding carboxylic acids is 2. The van der Waals surface area contributed by atoms with E-state index in [0.717, 1.165) is 76.1 Å². The smallest absolute Gasteiger partial charge is 0.338 e. The van der Waals surface area contributed by atoms with Crippen molar-refractivity contribution in [3.05, 3.63) is 59.7 Å². The highest BCUT2D eigenvalue weighted by Crippen LogP contribution is 2.21. The molecule has 46 heavy (non-hydrogen) atoms. The van der Waals surface area contributed by atoms with E-state index in [0.29, 0.717) is 30.9 Å². The summed E-state index contributed by atoms with van der Waals surface area (Å²) in [5.74, 6) is 0.953. The van der Waals surface area contributed by atoms with Crippen molar-refractivity contribution in [2.24, 2.45) is 0 Å². The predicted octanol–water partition coefficient (Wildman–Crippen LogP) is 8.50. The molecule has 0 aromatic heterocycles. The Kier molecular flexibility index (Phi) is 16.2. The number of benzene rings is 2. The van der Waals surface area contributed by atoms with Crippen LogP contribution in [0.1, 0.15) is 124 Å². The van der Waals surface area contributed by atoms with Gasteiger partial charge in [0, 0.05) is 0 Å². The van der Waals surface area contributed by atoms with Gasteiger partial charge in [-0.15, -0.1) is 0 Å². The molecular weight excluding hydrogens is 584 g/mol. The fourth-order valence-corrected chi connectivity index (χ4v) is 5.32. The van der Waals surface area contributed by atoms with Crippen molar-refractivity contribution in [1.29, 1.82) is 0 Å². The number of epoxide rings is 2. The Hall–Kier alpha value is -3.10. The lowest BCUT2D eigenvalue weighted by atomic mass is 10.0. The van der Waals surface area contributed by atoms with Crippen molar-refractivity contribution < 1.29 is 38.0 Å². The summed E-state index contributed by atoms with van der Waals surface area (Å²) in [5.41, 5.74) is 1.12. The lowest BCUT2D eigenvalue weighted by Gasteiger charge is -2.18. The molecule has 2 aliphatic heterocycles. The van der Waals surface area contributed by atoms with E-state index in [1.54, 1.807) is 36.4 Å². The summed E-state index contributed by atoms with van der Waals surface area (Å²) < 4.78 is 33.0. The highest BCUT2D eigenvalue weighted by atomic mass is 16.6. The van der Waals surface area contributed by atoms with Crippen molar-refractivity contribution in [3.63, 3.8) is 0 Å². The van der Waals surface area contributed by atoms with E-state index in [9.17, 15) is 9.59 Å². The maximum Gasteiger partial charge on any atom is 0.338 e. The first kappa shape index (κ1) is 35.7. The van der Waals surface area contributed by atoms with Gasteiger partial charge in [0.15, 0.2) is 0 Å².